The second-order valence-electron chi connectivity index (χ2n) is 5.14. The molecule has 0 saturated carbocycles. The molecule has 0 spiro atoms. The Morgan fingerprint density at radius 3 is 1.92 bits per heavy atom. The van der Waals surface area contributed by atoms with E-state index in [0.29, 0.717) is 0 Å². The van der Waals surface area contributed by atoms with Crippen LogP contribution in [0, 0.1) is 10.8 Å². The lowest BCUT2D eigenvalue weighted by Gasteiger charge is -2.33. The van der Waals surface area contributed by atoms with E-state index >= 15 is 0 Å². The molecule has 0 aromatic heterocycles. The van der Waals surface area contributed by atoms with Crippen LogP contribution < -0.4 is 5.73 Å². The van der Waals surface area contributed by atoms with E-state index in [1.807, 2.05) is 0 Å². The molecule has 0 aromatic carbocycles. The van der Waals surface area contributed by atoms with Crippen LogP contribution in [0.2, 0.25) is 0 Å². The summed E-state index contributed by atoms with van der Waals surface area (Å²) in [6.07, 6.45) is 1.10. The second kappa shape index (κ2) is 4.24. The lowest BCUT2D eigenvalue weighted by molar-refractivity contribution is 0.0698. The van der Waals surface area contributed by atoms with Crippen molar-refractivity contribution in [3.8, 4) is 0 Å². The smallest absolute Gasteiger partial charge is 0.0513 e. The van der Waals surface area contributed by atoms with Gasteiger partial charge in [-0.15, -0.1) is 0 Å². The first-order chi connectivity index (χ1) is 5.33. The molecule has 0 aliphatic carbocycles. The Hall–Kier alpha value is -0.0800. The third-order valence-electron chi connectivity index (χ3n) is 2.04. The van der Waals surface area contributed by atoms with Crippen molar-refractivity contribution in [2.24, 2.45) is 16.6 Å². The third kappa shape index (κ3) is 4.73. The van der Waals surface area contributed by atoms with Gasteiger partial charge in [-0.2, -0.15) is 0 Å². The van der Waals surface area contributed by atoms with Crippen LogP contribution in [-0.4, -0.2) is 20.3 Å². The Kier molecular flexibility index (Phi) is 4.21. The zero-order valence-corrected chi connectivity index (χ0v) is 9.11. The van der Waals surface area contributed by atoms with Gasteiger partial charge in [-0.25, -0.2) is 0 Å². The molecule has 0 aromatic rings. The third-order valence-corrected chi connectivity index (χ3v) is 2.04. The topological polar surface area (TPSA) is 35.2 Å². The molecule has 2 heteroatoms. The fraction of sp³-hybridized carbons (Fsp3) is 1.00. The van der Waals surface area contributed by atoms with Crippen molar-refractivity contribution in [1.29, 1.82) is 0 Å². The van der Waals surface area contributed by atoms with E-state index in [-0.39, 0.29) is 10.8 Å². The summed E-state index contributed by atoms with van der Waals surface area (Å²) in [6.45, 7) is 10.4. The van der Waals surface area contributed by atoms with Crippen molar-refractivity contribution < 1.29 is 4.74 Å². The number of hydrogen-bond donors (Lipinski definition) is 1. The summed E-state index contributed by atoms with van der Waals surface area (Å²) < 4.78 is 5.16. The summed E-state index contributed by atoms with van der Waals surface area (Å²) in [5.74, 6) is 0. The van der Waals surface area contributed by atoms with Gasteiger partial charge in [0.25, 0.3) is 0 Å². The average molecular weight is 173 g/mol. The highest BCUT2D eigenvalue weighted by Crippen LogP contribution is 2.32. The maximum atomic E-state index is 5.67. The quantitative estimate of drug-likeness (QED) is 0.690. The maximum absolute atomic E-state index is 5.67. The van der Waals surface area contributed by atoms with Gasteiger partial charge in [-0.05, 0) is 23.8 Å². The highest BCUT2D eigenvalue weighted by atomic mass is 16.5. The molecule has 74 valence electrons. The van der Waals surface area contributed by atoms with E-state index in [0.717, 1.165) is 19.6 Å². The number of ether oxygens (including phenoxy) is 1. The number of methoxy groups -OCH3 is 1. The fourth-order valence-corrected chi connectivity index (χ4v) is 1.81. The summed E-state index contributed by atoms with van der Waals surface area (Å²) in [6, 6.07) is 0. The standard InChI is InChI=1S/C10H23NO/c1-9(2,7-11)6-10(3,4)8-12-5/h6-8,11H2,1-5H3. The molecule has 0 rings (SSSR count). The van der Waals surface area contributed by atoms with Crippen LogP contribution in [0.15, 0.2) is 0 Å². The van der Waals surface area contributed by atoms with Crippen molar-refractivity contribution in [1.82, 2.24) is 0 Å². The van der Waals surface area contributed by atoms with Gasteiger partial charge in [-0.1, -0.05) is 27.7 Å². The van der Waals surface area contributed by atoms with Crippen LogP contribution in [-0.2, 0) is 4.74 Å². The Morgan fingerprint density at radius 2 is 1.58 bits per heavy atom. The van der Waals surface area contributed by atoms with Crippen LogP contribution in [0.25, 0.3) is 0 Å². The summed E-state index contributed by atoms with van der Waals surface area (Å²) in [5.41, 5.74) is 6.13. The van der Waals surface area contributed by atoms with Crippen LogP contribution >= 0.6 is 0 Å². The van der Waals surface area contributed by atoms with Crippen molar-refractivity contribution in [3.63, 3.8) is 0 Å². The van der Waals surface area contributed by atoms with Gasteiger partial charge in [-0.3, -0.25) is 0 Å². The predicted octanol–water partition coefficient (Wildman–Crippen LogP) is 2.03. The van der Waals surface area contributed by atoms with Crippen LogP contribution in [0.3, 0.4) is 0 Å². The minimum absolute atomic E-state index is 0.224. The summed E-state index contributed by atoms with van der Waals surface area (Å²) in [7, 11) is 1.75. The fourth-order valence-electron chi connectivity index (χ4n) is 1.81. The Morgan fingerprint density at radius 1 is 1.08 bits per heavy atom. The largest absolute Gasteiger partial charge is 0.384 e. The Labute approximate surface area is 76.5 Å². The SMILES string of the molecule is COCC(C)(C)CC(C)(C)CN. The zero-order valence-electron chi connectivity index (χ0n) is 9.11. The molecule has 0 radical (unpaired) electrons. The van der Waals surface area contributed by atoms with Crippen LogP contribution in [0.1, 0.15) is 34.1 Å². The zero-order chi connectivity index (χ0) is 9.83. The Bertz CT molecular complexity index is 130. The normalized spacial score (nSPS) is 13.5. The highest BCUT2D eigenvalue weighted by molar-refractivity contribution is 4.79. The van der Waals surface area contributed by atoms with Gasteiger partial charge in [0.15, 0.2) is 0 Å². The van der Waals surface area contributed by atoms with Gasteiger partial charge in [0.05, 0.1) is 6.61 Å². The monoisotopic (exact) mass is 173 g/mol. The lowest BCUT2D eigenvalue weighted by atomic mass is 9.75. The van der Waals surface area contributed by atoms with E-state index in [2.05, 4.69) is 27.7 Å². The molecule has 0 aliphatic heterocycles. The van der Waals surface area contributed by atoms with Gasteiger partial charge in [0, 0.05) is 7.11 Å². The van der Waals surface area contributed by atoms with Crippen molar-refractivity contribution >= 4 is 0 Å². The van der Waals surface area contributed by atoms with E-state index in [9.17, 15) is 0 Å². The average Bonchev–Trinajstić information content (AvgIpc) is 1.85. The van der Waals surface area contributed by atoms with Crippen LogP contribution in [0.4, 0.5) is 0 Å². The molecule has 0 amide bonds. The van der Waals surface area contributed by atoms with Gasteiger partial charge < -0.3 is 10.5 Å². The summed E-state index contributed by atoms with van der Waals surface area (Å²) >= 11 is 0. The van der Waals surface area contributed by atoms with Gasteiger partial charge >= 0.3 is 0 Å². The Balaban J connectivity index is 4.04. The minimum Gasteiger partial charge on any atom is -0.384 e. The van der Waals surface area contributed by atoms with Crippen molar-refractivity contribution in [3.05, 3.63) is 0 Å². The number of hydrogen-bond acceptors (Lipinski definition) is 2. The minimum atomic E-state index is 0.224. The summed E-state index contributed by atoms with van der Waals surface area (Å²) in [4.78, 5) is 0. The lowest BCUT2D eigenvalue weighted by Crippen LogP contribution is -2.32. The molecular formula is C10H23NO. The molecule has 0 bridgehead atoms. The second-order valence-corrected chi connectivity index (χ2v) is 5.14. The molecule has 0 fully saturated rings. The van der Waals surface area contributed by atoms with Crippen molar-refractivity contribution in [2.45, 2.75) is 34.1 Å². The molecule has 2 N–H and O–H groups in total. The first-order valence-electron chi connectivity index (χ1n) is 4.52. The van der Waals surface area contributed by atoms with E-state index < -0.39 is 0 Å². The van der Waals surface area contributed by atoms with E-state index in [1.165, 1.54) is 0 Å². The first kappa shape index (κ1) is 11.9. The highest BCUT2D eigenvalue weighted by Gasteiger charge is 2.27. The molecule has 0 heterocycles. The predicted molar refractivity (Wildman–Crippen MR) is 53.1 cm³/mol. The van der Waals surface area contributed by atoms with Crippen LogP contribution in [0.5, 0.6) is 0 Å². The van der Waals surface area contributed by atoms with Crippen molar-refractivity contribution in [2.75, 3.05) is 20.3 Å². The molecule has 0 aliphatic rings. The molecule has 0 saturated heterocycles. The molecule has 2 nitrogen and oxygen atoms in total. The van der Waals surface area contributed by atoms with E-state index in [4.69, 9.17) is 10.5 Å². The number of nitrogens with two attached hydrogens (primary N) is 1. The van der Waals surface area contributed by atoms with Gasteiger partial charge in [0.2, 0.25) is 0 Å². The molecule has 0 unspecified atom stereocenters. The molecule has 12 heavy (non-hydrogen) atoms. The molecule has 0 atom stereocenters. The number of rotatable bonds is 5. The van der Waals surface area contributed by atoms with E-state index in [1.54, 1.807) is 7.11 Å². The van der Waals surface area contributed by atoms with Gasteiger partial charge in [0.1, 0.15) is 0 Å². The maximum Gasteiger partial charge on any atom is 0.0513 e. The molecular weight excluding hydrogens is 150 g/mol. The first-order valence-corrected chi connectivity index (χ1v) is 4.52. The summed E-state index contributed by atoms with van der Waals surface area (Å²) in [5, 5.41) is 0.